The lowest BCUT2D eigenvalue weighted by Crippen LogP contribution is -2.12. The van der Waals surface area contributed by atoms with Gasteiger partial charge in [0, 0.05) is 17.3 Å². The molecule has 3 aromatic rings. The quantitative estimate of drug-likeness (QED) is 0.574. The molecule has 1 amide bonds. The Hall–Kier alpha value is -3.33. The van der Waals surface area contributed by atoms with E-state index in [1.165, 1.54) is 29.2 Å². The van der Waals surface area contributed by atoms with Gasteiger partial charge in [-0.1, -0.05) is 17.7 Å². The second kappa shape index (κ2) is 6.42. The van der Waals surface area contributed by atoms with E-state index < -0.39 is 10.8 Å². The van der Waals surface area contributed by atoms with Crippen molar-refractivity contribution >= 4 is 28.9 Å². The number of rotatable bonds is 4. The van der Waals surface area contributed by atoms with Crippen molar-refractivity contribution in [1.29, 1.82) is 0 Å². The van der Waals surface area contributed by atoms with E-state index in [2.05, 4.69) is 20.8 Å². The van der Waals surface area contributed by atoms with Crippen LogP contribution >= 0.6 is 11.6 Å². The summed E-state index contributed by atoms with van der Waals surface area (Å²) < 4.78 is 1.41. The third-order valence-electron chi connectivity index (χ3n) is 3.12. The summed E-state index contributed by atoms with van der Waals surface area (Å²) in [6, 6.07) is 10.6. The van der Waals surface area contributed by atoms with Crippen LogP contribution in [-0.4, -0.2) is 31.0 Å². The van der Waals surface area contributed by atoms with Gasteiger partial charge < -0.3 is 5.32 Å². The molecule has 0 spiro atoms. The van der Waals surface area contributed by atoms with E-state index in [1.54, 1.807) is 24.3 Å². The number of nitro groups is 1. The van der Waals surface area contributed by atoms with E-state index in [9.17, 15) is 14.9 Å². The van der Waals surface area contributed by atoms with Crippen LogP contribution in [0.2, 0.25) is 5.02 Å². The monoisotopic (exact) mass is 344 g/mol. The number of tetrazole rings is 1. The van der Waals surface area contributed by atoms with Crippen molar-refractivity contribution < 1.29 is 9.72 Å². The van der Waals surface area contributed by atoms with Gasteiger partial charge in [-0.3, -0.25) is 14.9 Å². The van der Waals surface area contributed by atoms with Gasteiger partial charge in [-0.2, -0.15) is 0 Å². The van der Waals surface area contributed by atoms with Gasteiger partial charge in [-0.15, -0.1) is 5.10 Å². The van der Waals surface area contributed by atoms with E-state index in [1.807, 2.05) is 0 Å². The fourth-order valence-corrected chi connectivity index (χ4v) is 2.19. The fourth-order valence-electron chi connectivity index (χ4n) is 2.00. The standard InChI is InChI=1S/C14H9ClN6O3/c15-12-5-4-10(7-13(12)21(23)24)17-14(22)9-2-1-3-11(6-9)20-8-16-18-19-20/h1-8H,(H,17,22). The molecule has 2 aromatic carbocycles. The van der Waals surface area contributed by atoms with Crippen molar-refractivity contribution in [3.8, 4) is 5.69 Å². The molecule has 120 valence electrons. The highest BCUT2D eigenvalue weighted by Gasteiger charge is 2.15. The van der Waals surface area contributed by atoms with Crippen molar-refractivity contribution in [3.63, 3.8) is 0 Å². The molecular formula is C14H9ClN6O3. The van der Waals surface area contributed by atoms with Crippen LogP contribution in [-0.2, 0) is 0 Å². The van der Waals surface area contributed by atoms with Crippen LogP contribution in [0.15, 0.2) is 48.8 Å². The first-order chi connectivity index (χ1) is 11.5. The minimum Gasteiger partial charge on any atom is -0.322 e. The Labute approximate surface area is 140 Å². The lowest BCUT2D eigenvalue weighted by atomic mass is 10.2. The van der Waals surface area contributed by atoms with E-state index in [4.69, 9.17) is 11.6 Å². The maximum atomic E-state index is 12.3. The first-order valence-electron chi connectivity index (χ1n) is 6.63. The molecule has 1 N–H and O–H groups in total. The molecule has 0 atom stereocenters. The third kappa shape index (κ3) is 3.20. The van der Waals surface area contributed by atoms with Crippen LogP contribution in [0.25, 0.3) is 5.69 Å². The second-order valence-electron chi connectivity index (χ2n) is 4.68. The summed E-state index contributed by atoms with van der Waals surface area (Å²) in [5, 5.41) is 24.3. The molecule has 0 aliphatic rings. The van der Waals surface area contributed by atoms with Gasteiger partial charge >= 0.3 is 0 Å². The van der Waals surface area contributed by atoms with E-state index in [-0.39, 0.29) is 16.4 Å². The van der Waals surface area contributed by atoms with Gasteiger partial charge in [0.25, 0.3) is 11.6 Å². The smallest absolute Gasteiger partial charge is 0.289 e. The SMILES string of the molecule is O=C(Nc1ccc(Cl)c([N+](=O)[O-])c1)c1cccc(-n2cnnn2)c1. The topological polar surface area (TPSA) is 116 Å². The largest absolute Gasteiger partial charge is 0.322 e. The van der Waals surface area contributed by atoms with Gasteiger partial charge in [-0.25, -0.2) is 4.68 Å². The zero-order chi connectivity index (χ0) is 17.1. The van der Waals surface area contributed by atoms with E-state index in [0.29, 0.717) is 11.3 Å². The molecule has 24 heavy (non-hydrogen) atoms. The first kappa shape index (κ1) is 15.6. The number of hydrogen-bond donors (Lipinski definition) is 1. The lowest BCUT2D eigenvalue weighted by Gasteiger charge is -2.07. The number of nitrogens with zero attached hydrogens (tertiary/aromatic N) is 5. The molecule has 0 fully saturated rings. The van der Waals surface area contributed by atoms with Crippen LogP contribution in [0.1, 0.15) is 10.4 Å². The molecule has 0 aliphatic heterocycles. The molecule has 0 bridgehead atoms. The van der Waals surface area contributed by atoms with Crippen molar-refractivity contribution in [2.45, 2.75) is 0 Å². The highest BCUT2D eigenvalue weighted by atomic mass is 35.5. The lowest BCUT2D eigenvalue weighted by molar-refractivity contribution is -0.384. The molecule has 0 saturated carbocycles. The Morgan fingerprint density at radius 1 is 1.25 bits per heavy atom. The summed E-state index contributed by atoms with van der Waals surface area (Å²) in [6.07, 6.45) is 1.40. The maximum absolute atomic E-state index is 12.3. The van der Waals surface area contributed by atoms with Crippen LogP contribution < -0.4 is 5.32 Å². The van der Waals surface area contributed by atoms with Crippen LogP contribution in [0, 0.1) is 10.1 Å². The van der Waals surface area contributed by atoms with Crippen LogP contribution in [0.5, 0.6) is 0 Å². The van der Waals surface area contributed by atoms with Crippen molar-refractivity contribution in [2.75, 3.05) is 5.32 Å². The average Bonchev–Trinajstić information content (AvgIpc) is 3.11. The zero-order valence-corrected chi connectivity index (χ0v) is 12.7. The van der Waals surface area contributed by atoms with Gasteiger partial charge in [0.1, 0.15) is 11.3 Å². The van der Waals surface area contributed by atoms with Gasteiger partial charge in [-0.05, 0) is 40.8 Å². The van der Waals surface area contributed by atoms with Crippen molar-refractivity contribution in [3.05, 3.63) is 69.5 Å². The molecule has 0 unspecified atom stereocenters. The van der Waals surface area contributed by atoms with Crippen LogP contribution in [0.4, 0.5) is 11.4 Å². The number of anilines is 1. The van der Waals surface area contributed by atoms with Gasteiger partial charge in [0.15, 0.2) is 0 Å². The molecule has 1 aromatic heterocycles. The summed E-state index contributed by atoms with van der Waals surface area (Å²) >= 11 is 5.75. The number of halogens is 1. The third-order valence-corrected chi connectivity index (χ3v) is 3.44. The summed E-state index contributed by atoms with van der Waals surface area (Å²) in [4.78, 5) is 22.6. The first-order valence-corrected chi connectivity index (χ1v) is 7.01. The molecule has 0 saturated heterocycles. The minimum absolute atomic E-state index is 0.00122. The highest BCUT2D eigenvalue weighted by molar-refractivity contribution is 6.32. The second-order valence-corrected chi connectivity index (χ2v) is 5.09. The highest BCUT2D eigenvalue weighted by Crippen LogP contribution is 2.27. The number of nitro benzene ring substituents is 1. The number of hydrogen-bond acceptors (Lipinski definition) is 6. The van der Waals surface area contributed by atoms with E-state index in [0.717, 1.165) is 0 Å². The average molecular weight is 345 g/mol. The number of amides is 1. The summed E-state index contributed by atoms with van der Waals surface area (Å²) in [7, 11) is 0. The molecule has 0 aliphatic carbocycles. The number of benzene rings is 2. The van der Waals surface area contributed by atoms with E-state index >= 15 is 0 Å². The Morgan fingerprint density at radius 2 is 2.08 bits per heavy atom. The van der Waals surface area contributed by atoms with Crippen molar-refractivity contribution in [2.24, 2.45) is 0 Å². The molecule has 3 rings (SSSR count). The Kier molecular flexibility index (Phi) is 4.17. The Bertz CT molecular complexity index is 913. The molecule has 1 heterocycles. The summed E-state index contributed by atoms with van der Waals surface area (Å²) in [6.45, 7) is 0. The fraction of sp³-hybridized carbons (Fsp3) is 0. The normalized spacial score (nSPS) is 10.4. The molecule has 10 heteroatoms. The minimum atomic E-state index is -0.615. The predicted octanol–water partition coefficient (Wildman–Crippen LogP) is 2.48. The number of aromatic nitrogens is 4. The Morgan fingerprint density at radius 3 is 2.79 bits per heavy atom. The number of carbonyl (C=O) groups is 1. The Balaban J connectivity index is 1.84. The molecular weight excluding hydrogens is 336 g/mol. The van der Waals surface area contributed by atoms with Gasteiger partial charge in [0.2, 0.25) is 0 Å². The van der Waals surface area contributed by atoms with Crippen molar-refractivity contribution in [1.82, 2.24) is 20.2 Å². The zero-order valence-electron chi connectivity index (χ0n) is 12.0. The van der Waals surface area contributed by atoms with Gasteiger partial charge in [0.05, 0.1) is 10.6 Å². The number of nitrogens with one attached hydrogen (secondary N) is 1. The van der Waals surface area contributed by atoms with Crippen LogP contribution in [0.3, 0.4) is 0 Å². The molecule has 0 radical (unpaired) electrons. The molecule has 9 nitrogen and oxygen atoms in total. The number of carbonyl (C=O) groups excluding carboxylic acids is 1. The summed E-state index contributed by atoms with van der Waals surface area (Å²) in [5.41, 5.74) is 0.941. The summed E-state index contributed by atoms with van der Waals surface area (Å²) in [5.74, 6) is -0.429. The maximum Gasteiger partial charge on any atom is 0.289 e. The predicted molar refractivity (Wildman–Crippen MR) is 85.2 cm³/mol.